The molecule has 0 saturated heterocycles. The standard InChI is InChI=1S/C16H25N3O/c1-13(2)12-19(10-4-9-17)16(11-18)14-5-7-15(20-3)8-6-14/h5-8,13,16H,4,10-12,18H2,1-3H3. The predicted molar refractivity (Wildman–Crippen MR) is 81.4 cm³/mol. The van der Waals surface area contributed by atoms with E-state index in [1.54, 1.807) is 7.11 Å². The van der Waals surface area contributed by atoms with Crippen LogP contribution in [-0.4, -0.2) is 31.6 Å². The van der Waals surface area contributed by atoms with Gasteiger partial charge in [-0.05, 0) is 23.6 Å². The molecule has 0 spiro atoms. The fourth-order valence-corrected chi connectivity index (χ4v) is 2.36. The van der Waals surface area contributed by atoms with Crippen molar-refractivity contribution in [1.29, 1.82) is 5.26 Å². The second-order valence-electron chi connectivity index (χ2n) is 5.32. The number of benzene rings is 1. The summed E-state index contributed by atoms with van der Waals surface area (Å²) in [6.07, 6.45) is 0.527. The first-order valence-electron chi connectivity index (χ1n) is 7.07. The lowest BCUT2D eigenvalue weighted by Gasteiger charge is -2.32. The number of hydrogen-bond donors (Lipinski definition) is 1. The predicted octanol–water partition coefficient (Wildman–Crippen LogP) is 2.57. The van der Waals surface area contributed by atoms with Crippen molar-refractivity contribution in [3.63, 3.8) is 0 Å². The summed E-state index contributed by atoms with van der Waals surface area (Å²) in [5.41, 5.74) is 7.14. The summed E-state index contributed by atoms with van der Waals surface area (Å²) >= 11 is 0. The van der Waals surface area contributed by atoms with Gasteiger partial charge in [0.1, 0.15) is 5.75 Å². The molecule has 1 atom stereocenters. The molecule has 0 saturated carbocycles. The van der Waals surface area contributed by atoms with Crippen molar-refractivity contribution < 1.29 is 4.74 Å². The number of nitrogens with zero attached hydrogens (tertiary/aromatic N) is 2. The van der Waals surface area contributed by atoms with E-state index in [4.69, 9.17) is 15.7 Å². The van der Waals surface area contributed by atoms with Gasteiger partial charge >= 0.3 is 0 Å². The van der Waals surface area contributed by atoms with Crippen molar-refractivity contribution >= 4 is 0 Å². The van der Waals surface area contributed by atoms with Gasteiger partial charge < -0.3 is 10.5 Å². The SMILES string of the molecule is COc1ccc(C(CN)N(CCC#N)CC(C)C)cc1. The Kier molecular flexibility index (Phi) is 7.06. The third kappa shape index (κ3) is 4.84. The lowest BCUT2D eigenvalue weighted by atomic mass is 10.0. The van der Waals surface area contributed by atoms with Crippen LogP contribution in [0.2, 0.25) is 0 Å². The highest BCUT2D eigenvalue weighted by Gasteiger charge is 2.19. The van der Waals surface area contributed by atoms with Gasteiger partial charge in [-0.3, -0.25) is 4.90 Å². The first-order chi connectivity index (χ1) is 9.62. The molecular formula is C16H25N3O. The monoisotopic (exact) mass is 275 g/mol. The highest BCUT2D eigenvalue weighted by atomic mass is 16.5. The highest BCUT2D eigenvalue weighted by molar-refractivity contribution is 5.29. The van der Waals surface area contributed by atoms with Crippen LogP contribution < -0.4 is 10.5 Å². The first-order valence-corrected chi connectivity index (χ1v) is 7.07. The van der Waals surface area contributed by atoms with Crippen LogP contribution in [0.25, 0.3) is 0 Å². The molecule has 4 nitrogen and oxygen atoms in total. The van der Waals surface area contributed by atoms with Gasteiger partial charge in [-0.15, -0.1) is 0 Å². The number of ether oxygens (including phenoxy) is 1. The van der Waals surface area contributed by atoms with Crippen molar-refractivity contribution in [1.82, 2.24) is 4.90 Å². The molecule has 0 aliphatic carbocycles. The number of methoxy groups -OCH3 is 1. The number of nitriles is 1. The van der Waals surface area contributed by atoms with Crippen molar-refractivity contribution in [2.75, 3.05) is 26.7 Å². The molecule has 0 aliphatic rings. The quantitative estimate of drug-likeness (QED) is 0.792. The van der Waals surface area contributed by atoms with Crippen molar-refractivity contribution in [3.8, 4) is 11.8 Å². The van der Waals surface area contributed by atoms with E-state index in [9.17, 15) is 0 Å². The number of rotatable bonds is 8. The van der Waals surface area contributed by atoms with E-state index in [1.807, 2.05) is 12.1 Å². The van der Waals surface area contributed by atoms with Crippen LogP contribution in [0, 0.1) is 17.2 Å². The molecule has 4 heteroatoms. The summed E-state index contributed by atoms with van der Waals surface area (Å²) in [5, 5.41) is 8.82. The van der Waals surface area contributed by atoms with Crippen LogP contribution >= 0.6 is 0 Å². The molecular weight excluding hydrogens is 250 g/mol. The third-order valence-corrected chi connectivity index (χ3v) is 3.28. The molecule has 0 radical (unpaired) electrons. The maximum absolute atomic E-state index is 8.82. The highest BCUT2D eigenvalue weighted by Crippen LogP contribution is 2.23. The van der Waals surface area contributed by atoms with Crippen LogP contribution in [-0.2, 0) is 0 Å². The lowest BCUT2D eigenvalue weighted by molar-refractivity contribution is 0.183. The normalized spacial score (nSPS) is 12.4. The molecule has 0 bridgehead atoms. The Bertz CT molecular complexity index is 422. The molecule has 0 fully saturated rings. The minimum Gasteiger partial charge on any atom is -0.497 e. The van der Waals surface area contributed by atoms with Gasteiger partial charge in [-0.2, -0.15) is 5.26 Å². The maximum atomic E-state index is 8.82. The van der Waals surface area contributed by atoms with E-state index in [0.717, 1.165) is 18.8 Å². The van der Waals surface area contributed by atoms with Crippen LogP contribution in [0.15, 0.2) is 24.3 Å². The molecule has 1 aromatic carbocycles. The Morgan fingerprint density at radius 2 is 1.95 bits per heavy atom. The summed E-state index contributed by atoms with van der Waals surface area (Å²) in [4.78, 5) is 2.30. The molecule has 0 aliphatic heterocycles. The van der Waals surface area contributed by atoms with E-state index >= 15 is 0 Å². The number of nitrogens with two attached hydrogens (primary N) is 1. The molecule has 2 N–H and O–H groups in total. The fraction of sp³-hybridized carbons (Fsp3) is 0.562. The zero-order valence-corrected chi connectivity index (χ0v) is 12.7. The van der Waals surface area contributed by atoms with Gasteiger partial charge in [0.15, 0.2) is 0 Å². The average Bonchev–Trinajstić information content (AvgIpc) is 2.45. The zero-order chi connectivity index (χ0) is 15.0. The second-order valence-corrected chi connectivity index (χ2v) is 5.32. The molecule has 1 rings (SSSR count). The fourth-order valence-electron chi connectivity index (χ4n) is 2.36. The Morgan fingerprint density at radius 1 is 1.30 bits per heavy atom. The minimum absolute atomic E-state index is 0.150. The molecule has 110 valence electrons. The topological polar surface area (TPSA) is 62.3 Å². The summed E-state index contributed by atoms with van der Waals surface area (Å²) in [6, 6.07) is 10.4. The molecule has 0 heterocycles. The van der Waals surface area contributed by atoms with Gasteiger partial charge in [0, 0.05) is 32.1 Å². The van der Waals surface area contributed by atoms with Gasteiger partial charge in [0.05, 0.1) is 13.2 Å². The van der Waals surface area contributed by atoms with E-state index < -0.39 is 0 Å². The minimum atomic E-state index is 0.150. The van der Waals surface area contributed by atoms with Gasteiger partial charge in [-0.25, -0.2) is 0 Å². The van der Waals surface area contributed by atoms with Crippen LogP contribution in [0.3, 0.4) is 0 Å². The Labute approximate surface area is 122 Å². The van der Waals surface area contributed by atoms with Crippen LogP contribution in [0.4, 0.5) is 0 Å². The van der Waals surface area contributed by atoms with Crippen molar-refractivity contribution in [3.05, 3.63) is 29.8 Å². The van der Waals surface area contributed by atoms with Crippen LogP contribution in [0.1, 0.15) is 31.9 Å². The summed E-state index contributed by atoms with van der Waals surface area (Å²) in [6.45, 7) is 6.60. The maximum Gasteiger partial charge on any atom is 0.118 e. The molecule has 0 amide bonds. The Morgan fingerprint density at radius 3 is 2.40 bits per heavy atom. The average molecular weight is 275 g/mol. The largest absolute Gasteiger partial charge is 0.497 e. The van der Waals surface area contributed by atoms with E-state index in [1.165, 1.54) is 5.56 Å². The Hall–Kier alpha value is -1.57. The van der Waals surface area contributed by atoms with E-state index in [2.05, 4.69) is 36.9 Å². The smallest absolute Gasteiger partial charge is 0.118 e. The van der Waals surface area contributed by atoms with Crippen LogP contribution in [0.5, 0.6) is 5.75 Å². The molecule has 1 unspecified atom stereocenters. The second kappa shape index (κ2) is 8.57. The molecule has 20 heavy (non-hydrogen) atoms. The van der Waals surface area contributed by atoms with Crippen molar-refractivity contribution in [2.24, 2.45) is 11.7 Å². The number of hydrogen-bond acceptors (Lipinski definition) is 4. The third-order valence-electron chi connectivity index (χ3n) is 3.28. The molecule has 0 aromatic heterocycles. The Balaban J connectivity index is 2.89. The summed E-state index contributed by atoms with van der Waals surface area (Å²) in [5.74, 6) is 1.39. The first kappa shape index (κ1) is 16.5. The van der Waals surface area contributed by atoms with Crippen molar-refractivity contribution in [2.45, 2.75) is 26.3 Å². The zero-order valence-electron chi connectivity index (χ0n) is 12.7. The van der Waals surface area contributed by atoms with Gasteiger partial charge in [0.25, 0.3) is 0 Å². The summed E-state index contributed by atoms with van der Waals surface area (Å²) < 4.78 is 5.18. The molecule has 1 aromatic rings. The van der Waals surface area contributed by atoms with E-state index in [0.29, 0.717) is 18.9 Å². The van der Waals surface area contributed by atoms with E-state index in [-0.39, 0.29) is 6.04 Å². The summed E-state index contributed by atoms with van der Waals surface area (Å²) in [7, 11) is 1.66. The lowest BCUT2D eigenvalue weighted by Crippen LogP contribution is -2.37. The van der Waals surface area contributed by atoms with Gasteiger partial charge in [-0.1, -0.05) is 26.0 Å². The van der Waals surface area contributed by atoms with Gasteiger partial charge in [0.2, 0.25) is 0 Å².